The Morgan fingerprint density at radius 2 is 1.84 bits per heavy atom. The van der Waals surface area contributed by atoms with E-state index in [1.165, 1.54) is 6.07 Å². The highest BCUT2D eigenvalue weighted by atomic mass is 19.1. The molecule has 7 heteroatoms. The summed E-state index contributed by atoms with van der Waals surface area (Å²) in [5.74, 6) is 0.108. The molecule has 0 spiro atoms. The standard InChI is InChI=1S/C31H27FN4O2/c1-17-23-13-12-21-27(20-9-4-6-10-24(20)32)35-30(36-29(21)31(23,2)15-26(33-3)28(17)38)22-14-18(16-37)34-25-11-7-5-8-19(22)25/h4-11,14,17,23,37-38H,12-13,15-16H2,1-2H3/t17-,23-,31-/m1/s1. The number of hydrogen-bond acceptors (Lipinski definition) is 5. The normalized spacial score (nSPS) is 22.6. The number of benzene rings is 2. The van der Waals surface area contributed by atoms with E-state index in [0.717, 1.165) is 23.1 Å². The molecule has 38 heavy (non-hydrogen) atoms. The Bertz CT molecular complexity index is 1670. The Morgan fingerprint density at radius 3 is 2.61 bits per heavy atom. The highest BCUT2D eigenvalue weighted by Gasteiger charge is 2.50. The van der Waals surface area contributed by atoms with Crippen molar-refractivity contribution in [1.82, 2.24) is 15.0 Å². The summed E-state index contributed by atoms with van der Waals surface area (Å²) in [4.78, 5) is 18.3. The molecule has 0 fully saturated rings. The number of para-hydroxylation sites is 1. The molecular formula is C31H27FN4O2. The van der Waals surface area contributed by atoms with Crippen LogP contribution in [0.3, 0.4) is 0 Å². The van der Waals surface area contributed by atoms with Crippen LogP contribution in [0.5, 0.6) is 0 Å². The van der Waals surface area contributed by atoms with Crippen molar-refractivity contribution in [3.8, 4) is 22.6 Å². The van der Waals surface area contributed by atoms with E-state index in [9.17, 15) is 10.2 Å². The van der Waals surface area contributed by atoms with Crippen molar-refractivity contribution in [2.24, 2.45) is 11.8 Å². The fourth-order valence-electron chi connectivity index (χ4n) is 6.49. The van der Waals surface area contributed by atoms with E-state index in [1.807, 2.05) is 31.2 Å². The largest absolute Gasteiger partial charge is 0.523 e. The van der Waals surface area contributed by atoms with Gasteiger partial charge in [-0.15, -0.1) is 0 Å². The lowest BCUT2D eigenvalue weighted by atomic mass is 9.57. The highest BCUT2D eigenvalue weighted by molar-refractivity contribution is 5.93. The molecule has 0 amide bonds. The van der Waals surface area contributed by atoms with Crippen LogP contribution in [0.2, 0.25) is 0 Å². The molecule has 2 N–H and O–H groups in total. The third-order valence-electron chi connectivity index (χ3n) is 8.37. The van der Waals surface area contributed by atoms with Gasteiger partial charge in [0, 0.05) is 33.4 Å². The first-order valence-electron chi connectivity index (χ1n) is 12.8. The summed E-state index contributed by atoms with van der Waals surface area (Å²) in [6, 6.07) is 16.0. The maximum Gasteiger partial charge on any atom is 0.203 e. The average Bonchev–Trinajstić information content (AvgIpc) is 2.94. The molecule has 0 saturated heterocycles. The first kappa shape index (κ1) is 24.2. The number of allylic oxidation sites excluding steroid dienone is 2. The summed E-state index contributed by atoms with van der Waals surface area (Å²) < 4.78 is 15.2. The van der Waals surface area contributed by atoms with E-state index in [2.05, 4.69) is 16.8 Å². The molecule has 4 aromatic rings. The van der Waals surface area contributed by atoms with Crippen molar-refractivity contribution < 1.29 is 14.6 Å². The van der Waals surface area contributed by atoms with Gasteiger partial charge in [-0.25, -0.2) is 19.2 Å². The molecule has 0 unspecified atom stereocenters. The molecule has 0 radical (unpaired) electrons. The molecule has 6 rings (SSSR count). The minimum absolute atomic E-state index is 0.0684. The molecule has 6 nitrogen and oxygen atoms in total. The first-order chi connectivity index (χ1) is 18.4. The molecule has 2 aliphatic rings. The summed E-state index contributed by atoms with van der Waals surface area (Å²) in [6.07, 6.45) is 1.77. The molecule has 0 aliphatic heterocycles. The second-order valence-electron chi connectivity index (χ2n) is 10.5. The van der Waals surface area contributed by atoms with Crippen molar-refractivity contribution in [2.75, 3.05) is 0 Å². The lowest BCUT2D eigenvalue weighted by Gasteiger charge is -2.48. The van der Waals surface area contributed by atoms with Crippen LogP contribution in [0.15, 0.2) is 66.1 Å². The van der Waals surface area contributed by atoms with Gasteiger partial charge in [0.1, 0.15) is 5.82 Å². The Balaban J connectivity index is 1.68. The van der Waals surface area contributed by atoms with Crippen LogP contribution in [0, 0.1) is 24.2 Å². The fourth-order valence-corrected chi connectivity index (χ4v) is 6.49. The number of nitrogens with zero attached hydrogens (tertiary/aromatic N) is 4. The lowest BCUT2D eigenvalue weighted by Crippen LogP contribution is -2.45. The quantitative estimate of drug-likeness (QED) is 0.308. The molecule has 0 saturated carbocycles. The predicted octanol–water partition coefficient (Wildman–Crippen LogP) is 6.54. The van der Waals surface area contributed by atoms with Gasteiger partial charge in [-0.1, -0.05) is 44.2 Å². The van der Waals surface area contributed by atoms with E-state index < -0.39 is 5.41 Å². The second-order valence-corrected chi connectivity index (χ2v) is 10.5. The second kappa shape index (κ2) is 9.00. The van der Waals surface area contributed by atoms with E-state index in [0.29, 0.717) is 52.4 Å². The Kier molecular flexibility index (Phi) is 5.73. The van der Waals surface area contributed by atoms with Gasteiger partial charge in [-0.2, -0.15) is 0 Å². The van der Waals surface area contributed by atoms with Gasteiger partial charge in [0.05, 0.1) is 41.5 Å². The minimum Gasteiger partial charge on any atom is -0.523 e. The zero-order valence-electron chi connectivity index (χ0n) is 21.2. The van der Waals surface area contributed by atoms with Crippen molar-refractivity contribution in [1.29, 1.82) is 0 Å². The van der Waals surface area contributed by atoms with Gasteiger partial charge in [0.25, 0.3) is 0 Å². The topological polar surface area (TPSA) is 83.5 Å². The van der Waals surface area contributed by atoms with Gasteiger partial charge >= 0.3 is 0 Å². The average molecular weight is 507 g/mol. The van der Waals surface area contributed by atoms with Crippen LogP contribution in [0.4, 0.5) is 4.39 Å². The van der Waals surface area contributed by atoms with E-state index in [4.69, 9.17) is 16.5 Å². The number of pyridine rings is 1. The number of fused-ring (bicyclic) bond motifs is 4. The van der Waals surface area contributed by atoms with Gasteiger partial charge < -0.3 is 10.2 Å². The van der Waals surface area contributed by atoms with Crippen molar-refractivity contribution in [3.63, 3.8) is 0 Å². The molecule has 0 bridgehead atoms. The van der Waals surface area contributed by atoms with Crippen molar-refractivity contribution in [2.45, 2.75) is 45.1 Å². The summed E-state index contributed by atoms with van der Waals surface area (Å²) >= 11 is 0. The molecular weight excluding hydrogens is 479 g/mol. The number of aromatic nitrogens is 3. The fraction of sp³-hybridized carbons (Fsp3) is 0.290. The van der Waals surface area contributed by atoms with Crippen LogP contribution in [0.25, 0.3) is 38.4 Å². The third kappa shape index (κ3) is 3.59. The smallest absolute Gasteiger partial charge is 0.203 e. The van der Waals surface area contributed by atoms with Gasteiger partial charge in [-0.3, -0.25) is 4.98 Å². The monoisotopic (exact) mass is 506 g/mol. The number of hydrogen-bond donors (Lipinski definition) is 2. The number of rotatable bonds is 3. The zero-order chi connectivity index (χ0) is 26.6. The number of halogens is 1. The summed E-state index contributed by atoms with van der Waals surface area (Å²) in [6.45, 7) is 11.5. The van der Waals surface area contributed by atoms with Crippen LogP contribution in [-0.4, -0.2) is 25.2 Å². The molecule has 2 aliphatic carbocycles. The van der Waals surface area contributed by atoms with E-state index in [-0.39, 0.29) is 30.0 Å². The van der Waals surface area contributed by atoms with Crippen molar-refractivity contribution >= 4 is 10.9 Å². The molecule has 2 aromatic carbocycles. The van der Waals surface area contributed by atoms with Crippen LogP contribution < -0.4 is 0 Å². The maximum absolute atomic E-state index is 15.2. The van der Waals surface area contributed by atoms with Gasteiger partial charge in [0.2, 0.25) is 5.70 Å². The van der Waals surface area contributed by atoms with Crippen LogP contribution in [-0.2, 0) is 18.4 Å². The first-order valence-corrected chi connectivity index (χ1v) is 12.8. The zero-order valence-corrected chi connectivity index (χ0v) is 21.2. The van der Waals surface area contributed by atoms with Crippen molar-refractivity contribution in [3.05, 3.63) is 100 Å². The predicted molar refractivity (Wildman–Crippen MR) is 143 cm³/mol. The molecule has 190 valence electrons. The number of aliphatic hydroxyl groups excluding tert-OH is 2. The lowest BCUT2D eigenvalue weighted by molar-refractivity contribution is 0.135. The van der Waals surface area contributed by atoms with E-state index >= 15 is 4.39 Å². The Labute approximate surface area is 220 Å². The Morgan fingerprint density at radius 1 is 1.08 bits per heavy atom. The maximum atomic E-state index is 15.2. The summed E-state index contributed by atoms with van der Waals surface area (Å²) in [5, 5.41) is 21.5. The molecule has 3 atom stereocenters. The summed E-state index contributed by atoms with van der Waals surface area (Å²) in [5.41, 5.74) is 4.35. The van der Waals surface area contributed by atoms with Crippen LogP contribution in [0.1, 0.15) is 43.6 Å². The van der Waals surface area contributed by atoms with Gasteiger partial charge in [0.15, 0.2) is 5.82 Å². The summed E-state index contributed by atoms with van der Waals surface area (Å²) in [7, 11) is 0. The Hall–Kier alpha value is -4.15. The van der Waals surface area contributed by atoms with Gasteiger partial charge in [-0.05, 0) is 49.4 Å². The number of aliphatic hydroxyl groups is 2. The third-order valence-corrected chi connectivity index (χ3v) is 8.37. The minimum atomic E-state index is -0.542. The van der Waals surface area contributed by atoms with E-state index in [1.54, 1.807) is 24.3 Å². The molecule has 2 aromatic heterocycles. The van der Waals surface area contributed by atoms with Crippen LogP contribution >= 0.6 is 0 Å². The SMILES string of the molecule is [C-]#[N+]C1=C(O)[C@H](C)[C@H]2CCc3c(-c4ccccc4F)nc(-c4cc(CO)nc5ccccc45)nc3[C@]2(C)C1. The molecule has 2 heterocycles. The highest BCUT2D eigenvalue weighted by Crippen LogP contribution is 2.54.